The predicted octanol–water partition coefficient (Wildman–Crippen LogP) is 1.35. The first-order chi connectivity index (χ1) is 7.90. The van der Waals surface area contributed by atoms with Crippen molar-refractivity contribution in [2.45, 2.75) is 32.4 Å². The number of hydrogen-bond donors (Lipinski definition) is 2. The van der Waals surface area contributed by atoms with Crippen LogP contribution in [-0.4, -0.2) is 34.6 Å². The van der Waals surface area contributed by atoms with Gasteiger partial charge in [0, 0.05) is 29.4 Å². The van der Waals surface area contributed by atoms with Crippen LogP contribution in [0.4, 0.5) is 0 Å². The number of aliphatic carboxylic acids is 1. The summed E-state index contributed by atoms with van der Waals surface area (Å²) in [6.07, 6.45) is 0.532. The minimum absolute atomic E-state index is 0.441. The van der Waals surface area contributed by atoms with Crippen LogP contribution in [0.5, 0.6) is 0 Å². The largest absolute Gasteiger partial charge is 0.480 e. The lowest BCUT2D eigenvalue weighted by Crippen LogP contribution is -2.50. The molecule has 1 aliphatic rings. The van der Waals surface area contributed by atoms with Crippen molar-refractivity contribution >= 4 is 17.3 Å². The predicted molar refractivity (Wildman–Crippen MR) is 68.2 cm³/mol. The normalized spacial score (nSPS) is 25.4. The maximum atomic E-state index is 11.0. The highest BCUT2D eigenvalue weighted by Crippen LogP contribution is 2.25. The average Bonchev–Trinajstić information content (AvgIpc) is 2.73. The molecule has 5 heteroatoms. The molecule has 0 saturated carbocycles. The smallest absolute Gasteiger partial charge is 0.325 e. The first-order valence-corrected chi connectivity index (χ1v) is 6.53. The number of thiophene rings is 1. The minimum Gasteiger partial charge on any atom is -0.480 e. The summed E-state index contributed by atoms with van der Waals surface area (Å²) in [5, 5.41) is 9.07. The number of rotatable bonds is 3. The lowest BCUT2D eigenvalue weighted by atomic mass is 10.0. The zero-order chi connectivity index (χ0) is 12.6. The Bertz CT molecular complexity index is 444. The van der Waals surface area contributed by atoms with Gasteiger partial charge in [-0.2, -0.15) is 0 Å². The molecule has 3 N–H and O–H groups in total. The van der Waals surface area contributed by atoms with E-state index in [1.54, 1.807) is 11.3 Å². The Morgan fingerprint density at radius 1 is 1.65 bits per heavy atom. The van der Waals surface area contributed by atoms with E-state index in [-0.39, 0.29) is 0 Å². The third kappa shape index (κ3) is 2.51. The maximum absolute atomic E-state index is 11.0. The molecule has 0 aromatic carbocycles. The Morgan fingerprint density at radius 3 is 2.82 bits per heavy atom. The van der Waals surface area contributed by atoms with Gasteiger partial charge in [0.2, 0.25) is 0 Å². The van der Waals surface area contributed by atoms with E-state index in [4.69, 9.17) is 10.8 Å². The van der Waals surface area contributed by atoms with Crippen molar-refractivity contribution < 1.29 is 9.90 Å². The molecule has 0 aliphatic carbocycles. The summed E-state index contributed by atoms with van der Waals surface area (Å²) in [5.41, 5.74) is 6.09. The van der Waals surface area contributed by atoms with Gasteiger partial charge < -0.3 is 10.8 Å². The van der Waals surface area contributed by atoms with Crippen molar-refractivity contribution in [1.29, 1.82) is 0 Å². The fourth-order valence-corrected chi connectivity index (χ4v) is 3.24. The van der Waals surface area contributed by atoms with Gasteiger partial charge in [0.1, 0.15) is 5.54 Å². The summed E-state index contributed by atoms with van der Waals surface area (Å²) < 4.78 is 0. The van der Waals surface area contributed by atoms with E-state index < -0.39 is 11.5 Å². The van der Waals surface area contributed by atoms with Gasteiger partial charge in [0.05, 0.1) is 0 Å². The first kappa shape index (κ1) is 12.5. The number of carboxylic acids is 1. The van der Waals surface area contributed by atoms with E-state index in [9.17, 15) is 4.79 Å². The van der Waals surface area contributed by atoms with Gasteiger partial charge in [0.25, 0.3) is 0 Å². The van der Waals surface area contributed by atoms with Crippen molar-refractivity contribution in [3.05, 3.63) is 21.4 Å². The van der Waals surface area contributed by atoms with Crippen molar-refractivity contribution in [3.8, 4) is 0 Å². The van der Waals surface area contributed by atoms with Crippen LogP contribution in [0.2, 0.25) is 0 Å². The van der Waals surface area contributed by atoms with E-state index in [1.807, 2.05) is 0 Å². The lowest BCUT2D eigenvalue weighted by Gasteiger charge is -2.19. The maximum Gasteiger partial charge on any atom is 0.325 e. The zero-order valence-corrected chi connectivity index (χ0v) is 11.0. The number of nitrogens with zero attached hydrogens (tertiary/aromatic N) is 1. The molecule has 0 spiro atoms. The number of aryl methyl sites for hydroxylation is 2. The highest BCUT2D eigenvalue weighted by Gasteiger charge is 2.41. The molecule has 94 valence electrons. The Morgan fingerprint density at radius 2 is 2.35 bits per heavy atom. The third-order valence-corrected chi connectivity index (χ3v) is 4.35. The summed E-state index contributed by atoms with van der Waals surface area (Å²) in [6, 6.07) is 2.18. The highest BCUT2D eigenvalue weighted by atomic mass is 32.1. The van der Waals surface area contributed by atoms with E-state index in [1.165, 1.54) is 15.3 Å². The zero-order valence-electron chi connectivity index (χ0n) is 10.2. The van der Waals surface area contributed by atoms with Crippen LogP contribution >= 0.6 is 11.3 Å². The molecule has 0 amide bonds. The molecule has 0 bridgehead atoms. The third-order valence-electron chi connectivity index (χ3n) is 3.34. The number of likely N-dealkylation sites (tertiary alicyclic amines) is 1. The molecule has 0 radical (unpaired) electrons. The number of carboxylic acid groups (broad SMARTS) is 1. The number of carbonyl (C=O) groups is 1. The molecule has 1 aromatic heterocycles. The molecular formula is C12H18N2O2S. The molecule has 2 heterocycles. The Kier molecular flexibility index (Phi) is 3.25. The summed E-state index contributed by atoms with van der Waals surface area (Å²) in [7, 11) is 0. The summed E-state index contributed by atoms with van der Waals surface area (Å²) >= 11 is 1.78. The SMILES string of the molecule is Cc1cc(CN2CCC(N)(C(=O)O)C2)c(C)s1. The highest BCUT2D eigenvalue weighted by molar-refractivity contribution is 7.12. The van der Waals surface area contributed by atoms with Gasteiger partial charge in [-0.15, -0.1) is 11.3 Å². The molecule has 1 fully saturated rings. The van der Waals surface area contributed by atoms with Crippen LogP contribution in [0.1, 0.15) is 21.7 Å². The molecule has 17 heavy (non-hydrogen) atoms. The summed E-state index contributed by atoms with van der Waals surface area (Å²) in [4.78, 5) is 15.8. The lowest BCUT2D eigenvalue weighted by molar-refractivity contribution is -0.142. The number of hydrogen-bond acceptors (Lipinski definition) is 4. The number of nitrogens with two attached hydrogens (primary N) is 1. The van der Waals surface area contributed by atoms with Gasteiger partial charge in [-0.1, -0.05) is 0 Å². The van der Waals surface area contributed by atoms with Crippen LogP contribution in [0.25, 0.3) is 0 Å². The fraction of sp³-hybridized carbons (Fsp3) is 0.583. The quantitative estimate of drug-likeness (QED) is 0.854. The second-order valence-corrected chi connectivity index (χ2v) is 6.32. The van der Waals surface area contributed by atoms with E-state index in [0.29, 0.717) is 13.0 Å². The van der Waals surface area contributed by atoms with Crippen molar-refractivity contribution in [2.24, 2.45) is 5.73 Å². The molecule has 1 aromatic rings. The van der Waals surface area contributed by atoms with Crippen LogP contribution in [-0.2, 0) is 11.3 Å². The van der Waals surface area contributed by atoms with Crippen LogP contribution < -0.4 is 5.73 Å². The second kappa shape index (κ2) is 4.40. The molecule has 4 nitrogen and oxygen atoms in total. The second-order valence-electron chi connectivity index (χ2n) is 4.86. The Hall–Kier alpha value is -0.910. The monoisotopic (exact) mass is 254 g/mol. The topological polar surface area (TPSA) is 66.6 Å². The van der Waals surface area contributed by atoms with Crippen LogP contribution in [0, 0.1) is 13.8 Å². The van der Waals surface area contributed by atoms with Crippen LogP contribution in [0.15, 0.2) is 6.07 Å². The summed E-state index contributed by atoms with van der Waals surface area (Å²) in [5.74, 6) is -0.891. The van der Waals surface area contributed by atoms with Gasteiger partial charge in [-0.25, -0.2) is 0 Å². The van der Waals surface area contributed by atoms with Crippen LogP contribution in [0.3, 0.4) is 0 Å². The van der Waals surface area contributed by atoms with Gasteiger partial charge in [-0.3, -0.25) is 9.69 Å². The molecule has 1 unspecified atom stereocenters. The van der Waals surface area contributed by atoms with Gasteiger partial charge in [-0.05, 0) is 31.9 Å². The van der Waals surface area contributed by atoms with Gasteiger partial charge in [0.15, 0.2) is 0 Å². The van der Waals surface area contributed by atoms with E-state index in [2.05, 4.69) is 24.8 Å². The van der Waals surface area contributed by atoms with Crippen molar-refractivity contribution in [2.75, 3.05) is 13.1 Å². The molecule has 1 saturated heterocycles. The molecule has 2 rings (SSSR count). The molecule has 1 aliphatic heterocycles. The first-order valence-electron chi connectivity index (χ1n) is 5.71. The Balaban J connectivity index is 2.03. The molecular weight excluding hydrogens is 236 g/mol. The standard InChI is InChI=1S/C12H18N2O2S/c1-8-5-10(9(2)17-8)6-14-4-3-12(13,7-14)11(15)16/h5H,3-4,6-7,13H2,1-2H3,(H,15,16). The fourth-order valence-electron chi connectivity index (χ4n) is 2.31. The molecule has 1 atom stereocenters. The summed E-state index contributed by atoms with van der Waals surface area (Å²) in [6.45, 7) is 6.21. The van der Waals surface area contributed by atoms with E-state index in [0.717, 1.165) is 13.1 Å². The minimum atomic E-state index is -1.06. The Labute approximate surface area is 105 Å². The van der Waals surface area contributed by atoms with E-state index >= 15 is 0 Å². The van der Waals surface area contributed by atoms with Gasteiger partial charge >= 0.3 is 5.97 Å². The van der Waals surface area contributed by atoms with Crippen molar-refractivity contribution in [3.63, 3.8) is 0 Å². The average molecular weight is 254 g/mol. The van der Waals surface area contributed by atoms with Crippen molar-refractivity contribution in [1.82, 2.24) is 4.90 Å².